The zero-order chi connectivity index (χ0) is 14.4. The van der Waals surface area contributed by atoms with E-state index in [-0.39, 0.29) is 18.0 Å². The minimum atomic E-state index is -1.10. The molecule has 4 heteroatoms. The number of carboxylic acid groups (broad SMARTS) is 1. The topological polar surface area (TPSA) is 63.6 Å². The molecule has 0 amide bonds. The fourth-order valence-corrected chi connectivity index (χ4v) is 1.80. The van der Waals surface area contributed by atoms with Crippen molar-refractivity contribution in [1.29, 1.82) is 0 Å². The molecule has 0 heterocycles. The van der Waals surface area contributed by atoms with Crippen LogP contribution < -0.4 is 4.74 Å². The van der Waals surface area contributed by atoms with Crippen LogP contribution >= 0.6 is 0 Å². The third-order valence-corrected chi connectivity index (χ3v) is 2.65. The molecule has 4 nitrogen and oxygen atoms in total. The first-order chi connectivity index (χ1) is 9.01. The fraction of sp³-hybridized carbons (Fsp3) is 0.333. The summed E-state index contributed by atoms with van der Waals surface area (Å²) in [4.78, 5) is 23.1. The summed E-state index contributed by atoms with van der Waals surface area (Å²) in [5.74, 6) is -0.864. The molecule has 0 aromatic heterocycles. The van der Waals surface area contributed by atoms with Crippen molar-refractivity contribution < 1.29 is 19.4 Å². The van der Waals surface area contributed by atoms with Crippen LogP contribution in [0.5, 0.6) is 5.75 Å². The molecule has 0 saturated heterocycles. The normalized spacial score (nSPS) is 10.0. The van der Waals surface area contributed by atoms with Gasteiger partial charge < -0.3 is 9.84 Å². The van der Waals surface area contributed by atoms with Crippen LogP contribution in [-0.2, 0) is 0 Å². The van der Waals surface area contributed by atoms with Gasteiger partial charge in [0, 0.05) is 12.0 Å². The number of aromatic carboxylic acids is 1. The summed E-state index contributed by atoms with van der Waals surface area (Å²) in [6, 6.07) is 3.05. The summed E-state index contributed by atoms with van der Waals surface area (Å²) in [6.45, 7) is 7.39. The Morgan fingerprint density at radius 1 is 1.42 bits per heavy atom. The van der Waals surface area contributed by atoms with Crippen LogP contribution in [0.25, 0.3) is 0 Å². The van der Waals surface area contributed by atoms with Crippen LogP contribution in [0.2, 0.25) is 0 Å². The highest BCUT2D eigenvalue weighted by molar-refractivity contribution is 6.00. The zero-order valence-corrected chi connectivity index (χ0v) is 11.2. The number of hydrogen-bond acceptors (Lipinski definition) is 3. The standard InChI is InChI=1S/C15H18O4/c1-4-6-13(16)11-8-10(3)14(19-7-5-2)12(9-11)15(17)18/h5,8-9H,2,4,6-7H2,1,3H3,(H,17,18). The number of ketones is 1. The summed E-state index contributed by atoms with van der Waals surface area (Å²) in [5, 5.41) is 9.21. The second-order valence-electron chi connectivity index (χ2n) is 4.25. The highest BCUT2D eigenvalue weighted by atomic mass is 16.5. The van der Waals surface area contributed by atoms with E-state index in [0.29, 0.717) is 23.3 Å². The number of Topliss-reactive ketones (excluding diaryl/α,β-unsaturated/α-hetero) is 1. The van der Waals surface area contributed by atoms with Gasteiger partial charge in [-0.1, -0.05) is 19.6 Å². The van der Waals surface area contributed by atoms with Crippen LogP contribution in [-0.4, -0.2) is 23.5 Å². The molecule has 1 rings (SSSR count). The third kappa shape index (κ3) is 3.68. The molecule has 0 aliphatic heterocycles. The highest BCUT2D eigenvalue weighted by Crippen LogP contribution is 2.26. The Morgan fingerprint density at radius 2 is 2.11 bits per heavy atom. The molecule has 0 fully saturated rings. The SMILES string of the molecule is C=CCOc1c(C)cc(C(=O)CCC)cc1C(=O)O. The van der Waals surface area contributed by atoms with Gasteiger partial charge in [-0.25, -0.2) is 4.79 Å². The van der Waals surface area contributed by atoms with Gasteiger partial charge in [0.1, 0.15) is 17.9 Å². The van der Waals surface area contributed by atoms with Crippen molar-refractivity contribution in [1.82, 2.24) is 0 Å². The van der Waals surface area contributed by atoms with Crippen LogP contribution in [0, 0.1) is 6.92 Å². The van der Waals surface area contributed by atoms with Crippen molar-refractivity contribution in [2.24, 2.45) is 0 Å². The van der Waals surface area contributed by atoms with Gasteiger partial charge in [0.2, 0.25) is 0 Å². The van der Waals surface area contributed by atoms with Crippen LogP contribution in [0.15, 0.2) is 24.8 Å². The molecule has 1 aromatic carbocycles. The maximum absolute atomic E-state index is 11.8. The van der Waals surface area contributed by atoms with Crippen molar-refractivity contribution in [2.75, 3.05) is 6.61 Å². The van der Waals surface area contributed by atoms with E-state index in [2.05, 4.69) is 6.58 Å². The molecule has 0 atom stereocenters. The average Bonchev–Trinajstić information content (AvgIpc) is 2.36. The van der Waals surface area contributed by atoms with Crippen molar-refractivity contribution in [3.05, 3.63) is 41.5 Å². The molecule has 1 aromatic rings. The van der Waals surface area contributed by atoms with Gasteiger partial charge in [-0.05, 0) is 31.0 Å². The summed E-state index contributed by atoms with van der Waals surface area (Å²) in [5.41, 5.74) is 1.07. The fourth-order valence-electron chi connectivity index (χ4n) is 1.80. The summed E-state index contributed by atoms with van der Waals surface area (Å²) in [7, 11) is 0. The second-order valence-corrected chi connectivity index (χ2v) is 4.25. The molecule has 102 valence electrons. The van der Waals surface area contributed by atoms with Crippen LogP contribution in [0.4, 0.5) is 0 Å². The third-order valence-electron chi connectivity index (χ3n) is 2.65. The summed E-state index contributed by atoms with van der Waals surface area (Å²) < 4.78 is 5.36. The smallest absolute Gasteiger partial charge is 0.339 e. The van der Waals surface area contributed by atoms with Gasteiger partial charge in [0.15, 0.2) is 5.78 Å². The lowest BCUT2D eigenvalue weighted by atomic mass is 10.00. The number of carboxylic acids is 1. The number of ether oxygens (including phenoxy) is 1. The Labute approximate surface area is 112 Å². The second kappa shape index (κ2) is 6.73. The molecule has 19 heavy (non-hydrogen) atoms. The molecule has 0 aliphatic rings. The van der Waals surface area contributed by atoms with Gasteiger partial charge in [0.05, 0.1) is 0 Å². The van der Waals surface area contributed by atoms with E-state index in [1.54, 1.807) is 19.1 Å². The van der Waals surface area contributed by atoms with E-state index in [1.165, 1.54) is 6.07 Å². The van der Waals surface area contributed by atoms with E-state index < -0.39 is 5.97 Å². The predicted molar refractivity (Wildman–Crippen MR) is 73.1 cm³/mol. The number of benzene rings is 1. The zero-order valence-electron chi connectivity index (χ0n) is 11.2. The molecule has 0 aliphatic carbocycles. The highest BCUT2D eigenvalue weighted by Gasteiger charge is 2.18. The largest absolute Gasteiger partial charge is 0.488 e. The van der Waals surface area contributed by atoms with Crippen LogP contribution in [0.3, 0.4) is 0 Å². The van der Waals surface area contributed by atoms with Crippen molar-refractivity contribution in [2.45, 2.75) is 26.7 Å². The number of hydrogen-bond donors (Lipinski definition) is 1. The first-order valence-corrected chi connectivity index (χ1v) is 6.16. The van der Waals surface area contributed by atoms with Gasteiger partial charge in [-0.15, -0.1) is 0 Å². The average molecular weight is 262 g/mol. The first-order valence-electron chi connectivity index (χ1n) is 6.16. The van der Waals surface area contributed by atoms with E-state index in [4.69, 9.17) is 4.74 Å². The molecule has 0 radical (unpaired) electrons. The number of carbonyl (C=O) groups excluding carboxylic acids is 1. The van der Waals surface area contributed by atoms with E-state index in [0.717, 1.165) is 6.42 Å². The lowest BCUT2D eigenvalue weighted by Crippen LogP contribution is -2.08. The quantitative estimate of drug-likeness (QED) is 0.605. The lowest BCUT2D eigenvalue weighted by molar-refractivity contribution is 0.0692. The summed E-state index contributed by atoms with van der Waals surface area (Å²) in [6.07, 6.45) is 2.68. The maximum atomic E-state index is 11.8. The van der Waals surface area contributed by atoms with Crippen molar-refractivity contribution in [3.8, 4) is 5.75 Å². The molecule has 0 bridgehead atoms. The van der Waals surface area contributed by atoms with Crippen LogP contribution in [0.1, 0.15) is 46.0 Å². The molecule has 1 N–H and O–H groups in total. The molecule has 0 saturated carbocycles. The summed E-state index contributed by atoms with van der Waals surface area (Å²) >= 11 is 0. The Morgan fingerprint density at radius 3 is 2.63 bits per heavy atom. The molecule has 0 spiro atoms. The molecular formula is C15H18O4. The van der Waals surface area contributed by atoms with Gasteiger partial charge in [0.25, 0.3) is 0 Å². The molecule has 0 unspecified atom stereocenters. The predicted octanol–water partition coefficient (Wildman–Crippen LogP) is 3.24. The van der Waals surface area contributed by atoms with Crippen molar-refractivity contribution >= 4 is 11.8 Å². The maximum Gasteiger partial charge on any atom is 0.339 e. The van der Waals surface area contributed by atoms with E-state index in [9.17, 15) is 14.7 Å². The Kier molecular flexibility index (Phi) is 5.30. The van der Waals surface area contributed by atoms with Gasteiger partial charge >= 0.3 is 5.97 Å². The monoisotopic (exact) mass is 262 g/mol. The number of aryl methyl sites for hydroxylation is 1. The number of carbonyl (C=O) groups is 2. The minimum absolute atomic E-state index is 0.0151. The number of rotatable bonds is 7. The Hall–Kier alpha value is -2.10. The lowest BCUT2D eigenvalue weighted by Gasteiger charge is -2.12. The van der Waals surface area contributed by atoms with Crippen molar-refractivity contribution in [3.63, 3.8) is 0 Å². The first kappa shape index (κ1) is 15.0. The minimum Gasteiger partial charge on any atom is -0.488 e. The van der Waals surface area contributed by atoms with E-state index in [1.807, 2.05) is 6.92 Å². The van der Waals surface area contributed by atoms with Gasteiger partial charge in [-0.3, -0.25) is 4.79 Å². The van der Waals surface area contributed by atoms with Gasteiger partial charge in [-0.2, -0.15) is 0 Å². The Balaban J connectivity index is 3.24. The molecular weight excluding hydrogens is 244 g/mol. The Bertz CT molecular complexity index is 503. The van der Waals surface area contributed by atoms with E-state index >= 15 is 0 Å².